The van der Waals surface area contributed by atoms with Gasteiger partial charge in [-0.1, -0.05) is 26.0 Å². The summed E-state index contributed by atoms with van der Waals surface area (Å²) in [5, 5.41) is 6.43. The Bertz CT molecular complexity index is 2090. The number of nitrogens with zero attached hydrogens (tertiary/aromatic N) is 4. The molecular formula is C38H48N6O7S2. The Morgan fingerprint density at radius 2 is 1.92 bits per heavy atom. The number of rotatable bonds is 8. The molecule has 0 unspecified atom stereocenters. The lowest BCUT2D eigenvalue weighted by Crippen LogP contribution is -2.58. The number of ether oxygens (including phenoxy) is 2. The fraction of sp³-hybridized carbons (Fsp3) is 0.553. The minimum Gasteiger partial charge on any atom is -0.496 e. The lowest BCUT2D eigenvalue weighted by atomic mass is 10.1. The Morgan fingerprint density at radius 3 is 2.62 bits per heavy atom. The summed E-state index contributed by atoms with van der Waals surface area (Å²) in [7, 11) is -0.589. The van der Waals surface area contributed by atoms with Gasteiger partial charge < -0.3 is 24.6 Å². The highest BCUT2D eigenvalue weighted by Gasteiger charge is 2.63. The smallest absolute Gasteiger partial charge is 0.319 e. The number of hydrogen-bond acceptors (Lipinski definition) is 10. The summed E-state index contributed by atoms with van der Waals surface area (Å²) in [6.07, 6.45) is 7.02. The molecule has 2 N–H and O–H groups in total. The molecule has 13 nitrogen and oxygen atoms in total. The van der Waals surface area contributed by atoms with Gasteiger partial charge in [0.15, 0.2) is 0 Å². The first kappa shape index (κ1) is 37.1. The molecule has 4 heterocycles. The Kier molecular flexibility index (Phi) is 9.71. The zero-order chi connectivity index (χ0) is 37.9. The molecule has 0 radical (unpaired) electrons. The van der Waals surface area contributed by atoms with Crippen LogP contribution in [0.1, 0.15) is 82.9 Å². The van der Waals surface area contributed by atoms with Crippen molar-refractivity contribution < 1.29 is 32.3 Å². The maximum Gasteiger partial charge on any atom is 0.319 e. The highest BCUT2D eigenvalue weighted by Crippen LogP contribution is 2.48. The van der Waals surface area contributed by atoms with Crippen molar-refractivity contribution in [2.45, 2.75) is 101 Å². The van der Waals surface area contributed by atoms with Crippen molar-refractivity contribution >= 4 is 50.1 Å². The molecule has 15 heteroatoms. The number of nitrogens with one attached hydrogen (secondary N) is 2. The highest BCUT2D eigenvalue weighted by molar-refractivity contribution is 7.91. The van der Waals surface area contributed by atoms with Crippen molar-refractivity contribution in [1.29, 1.82) is 0 Å². The number of allylic oxidation sites excluding steroid dienone is 1. The number of pyridine rings is 1. The van der Waals surface area contributed by atoms with Gasteiger partial charge in [-0.15, -0.1) is 11.3 Å². The monoisotopic (exact) mass is 764 g/mol. The van der Waals surface area contributed by atoms with Gasteiger partial charge >= 0.3 is 6.03 Å². The number of sulfonamides is 1. The third kappa shape index (κ3) is 6.97. The Morgan fingerprint density at radius 1 is 1.15 bits per heavy atom. The van der Waals surface area contributed by atoms with Crippen LogP contribution in [-0.2, 0) is 19.6 Å². The normalized spacial score (nSPS) is 26.4. The SMILES string of the molecule is COc1ccc2c(O[C@H]3C[C@H]4C(=O)N(C)CCCC/C=C\[C@H]5C[C@@]5(C(=O)NS(=O)(=O)C5(C)CC5)NC(=O)N4C3)cc(-c3nc(C(C)C)cs3)nc2c1C. The fourth-order valence-corrected chi connectivity index (χ4v) is 9.51. The van der Waals surface area contributed by atoms with Crippen molar-refractivity contribution in [1.82, 2.24) is 29.8 Å². The van der Waals surface area contributed by atoms with E-state index < -0.39 is 44.4 Å². The number of carbonyl (C=O) groups is 3. The average Bonchev–Trinajstić information content (AvgIpc) is 3.89. The molecule has 4 amide bonds. The number of amides is 4. The van der Waals surface area contributed by atoms with Crippen molar-refractivity contribution in [3.05, 3.63) is 47.0 Å². The number of hydrogen-bond donors (Lipinski definition) is 2. The van der Waals surface area contributed by atoms with Crippen LogP contribution in [0.3, 0.4) is 0 Å². The maximum atomic E-state index is 14.3. The third-order valence-corrected chi connectivity index (χ3v) is 14.3. The van der Waals surface area contributed by atoms with Gasteiger partial charge in [0, 0.05) is 48.3 Å². The number of aryl methyl sites for hydroxylation is 1. The second-order valence-electron chi connectivity index (χ2n) is 15.5. The number of methoxy groups -OCH3 is 1. The first-order valence-electron chi connectivity index (χ1n) is 18.3. The minimum absolute atomic E-state index is 0.0632. The van der Waals surface area contributed by atoms with Gasteiger partial charge in [-0.3, -0.25) is 14.3 Å². The zero-order valence-corrected chi connectivity index (χ0v) is 32.7. The lowest BCUT2D eigenvalue weighted by molar-refractivity contribution is -0.134. The largest absolute Gasteiger partial charge is 0.496 e. The molecule has 4 aliphatic rings. The van der Waals surface area contributed by atoms with Crippen molar-refractivity contribution in [2.75, 3.05) is 27.2 Å². The summed E-state index contributed by atoms with van der Waals surface area (Å²) in [5.41, 5.74) is 1.69. The molecule has 284 valence electrons. The minimum atomic E-state index is -3.94. The predicted molar refractivity (Wildman–Crippen MR) is 202 cm³/mol. The van der Waals surface area contributed by atoms with Crippen molar-refractivity contribution in [3.8, 4) is 22.2 Å². The fourth-order valence-electron chi connectivity index (χ4n) is 7.26. The zero-order valence-electron chi connectivity index (χ0n) is 31.1. The van der Waals surface area contributed by atoms with Crippen LogP contribution in [0.5, 0.6) is 11.5 Å². The van der Waals surface area contributed by atoms with E-state index in [-0.39, 0.29) is 37.1 Å². The summed E-state index contributed by atoms with van der Waals surface area (Å²) < 4.78 is 39.8. The number of aromatic nitrogens is 2. The molecule has 7 rings (SSSR count). The van der Waals surface area contributed by atoms with E-state index in [9.17, 15) is 22.8 Å². The molecule has 53 heavy (non-hydrogen) atoms. The summed E-state index contributed by atoms with van der Waals surface area (Å²) in [5.74, 6) is 0.110. The van der Waals surface area contributed by atoms with E-state index in [1.165, 1.54) is 16.2 Å². The molecule has 0 spiro atoms. The topological polar surface area (TPSA) is 160 Å². The molecule has 4 atom stereocenters. The van der Waals surface area contributed by atoms with E-state index in [0.29, 0.717) is 42.1 Å². The van der Waals surface area contributed by atoms with Crippen molar-refractivity contribution in [3.63, 3.8) is 0 Å². The molecule has 1 aromatic carbocycles. The maximum absolute atomic E-state index is 14.3. The average molecular weight is 765 g/mol. The van der Waals surface area contributed by atoms with Gasteiger partial charge in [0.05, 0.1) is 29.6 Å². The summed E-state index contributed by atoms with van der Waals surface area (Å²) in [6.45, 7) is 8.32. The number of benzene rings is 1. The van der Waals surface area contributed by atoms with E-state index in [1.807, 2.05) is 42.7 Å². The van der Waals surface area contributed by atoms with E-state index in [4.69, 9.17) is 19.4 Å². The van der Waals surface area contributed by atoms with Crippen LogP contribution < -0.4 is 19.5 Å². The van der Waals surface area contributed by atoms with Crippen LogP contribution in [0.15, 0.2) is 35.7 Å². The molecule has 2 aliphatic carbocycles. The summed E-state index contributed by atoms with van der Waals surface area (Å²) in [4.78, 5) is 55.0. The van der Waals surface area contributed by atoms with Crippen LogP contribution in [0, 0.1) is 12.8 Å². The van der Waals surface area contributed by atoms with E-state index in [0.717, 1.165) is 40.9 Å². The summed E-state index contributed by atoms with van der Waals surface area (Å²) in [6, 6.07) is 4.14. The highest BCUT2D eigenvalue weighted by atomic mass is 32.2. The molecular weight excluding hydrogens is 717 g/mol. The van der Waals surface area contributed by atoms with Crippen LogP contribution in [0.4, 0.5) is 4.79 Å². The first-order valence-corrected chi connectivity index (χ1v) is 20.7. The molecule has 2 aromatic heterocycles. The van der Waals surface area contributed by atoms with Gasteiger partial charge in [-0.25, -0.2) is 23.2 Å². The lowest BCUT2D eigenvalue weighted by Gasteiger charge is -2.30. The number of fused-ring (bicyclic) bond motifs is 3. The second kappa shape index (κ2) is 13.9. The van der Waals surface area contributed by atoms with E-state index >= 15 is 0 Å². The van der Waals surface area contributed by atoms with Gasteiger partial charge in [-0.05, 0) is 70.4 Å². The molecule has 3 aromatic rings. The van der Waals surface area contributed by atoms with Crippen molar-refractivity contribution in [2.24, 2.45) is 5.92 Å². The predicted octanol–water partition coefficient (Wildman–Crippen LogP) is 5.29. The Labute approximate surface area is 314 Å². The van der Waals surface area contributed by atoms with E-state index in [2.05, 4.69) is 23.9 Å². The third-order valence-electron chi connectivity index (χ3n) is 11.2. The number of thiazole rings is 1. The van der Waals surface area contributed by atoms with Gasteiger partial charge in [0.1, 0.15) is 39.9 Å². The van der Waals surface area contributed by atoms with Crippen LogP contribution in [-0.4, -0.2) is 95.7 Å². The molecule has 2 saturated carbocycles. The molecule has 2 aliphatic heterocycles. The van der Waals surface area contributed by atoms with Crippen LogP contribution in [0.25, 0.3) is 21.6 Å². The Hall–Kier alpha value is -4.24. The quantitative estimate of drug-likeness (QED) is 0.291. The number of likely N-dealkylation sites (N-methyl/N-ethyl adjacent to an activating group) is 1. The van der Waals surface area contributed by atoms with Gasteiger partial charge in [0.25, 0.3) is 5.91 Å². The Balaban J connectivity index is 1.21. The van der Waals surface area contributed by atoms with Gasteiger partial charge in [-0.2, -0.15) is 0 Å². The van der Waals surface area contributed by atoms with Gasteiger partial charge in [0.2, 0.25) is 15.9 Å². The molecule has 3 fully saturated rings. The number of carbonyl (C=O) groups excluding carboxylic acids is 3. The molecule has 1 saturated heterocycles. The second-order valence-corrected chi connectivity index (χ2v) is 18.5. The molecule has 0 bridgehead atoms. The first-order chi connectivity index (χ1) is 25.2. The van der Waals surface area contributed by atoms with Crippen LogP contribution in [0.2, 0.25) is 0 Å². The van der Waals surface area contributed by atoms with Crippen LogP contribution >= 0.6 is 11.3 Å². The number of urea groups is 1. The standard InChI is InChI=1S/C38H48N6O7S2/c1-22(2)28-21-52-33(40-28)27-18-31(26-12-13-30(50-6)23(3)32(26)39-27)51-25-17-29-34(45)43(5)16-10-8-7-9-11-24-19-38(24,41-36(47)44(29)20-25)35(46)42-53(48,49)37(4)14-15-37/h9,11-13,18,21-22,24-25,29H,7-8,10,14-17,19-20H2,1-6H3,(H,41,47)(H,42,46)/b11-9-/t24-,25-,29-,38+/m0/s1. The van der Waals surface area contributed by atoms with E-state index in [1.54, 1.807) is 26.0 Å². The summed E-state index contributed by atoms with van der Waals surface area (Å²) >= 11 is 1.51.